The number of likely N-dealkylation sites (tertiary alicyclic amines) is 1. The second-order valence-corrected chi connectivity index (χ2v) is 5.40. The number of hydrogen-bond acceptors (Lipinski definition) is 5. The highest BCUT2D eigenvalue weighted by Gasteiger charge is 2.22. The van der Waals surface area contributed by atoms with Crippen LogP contribution in [-0.4, -0.2) is 32.9 Å². The summed E-state index contributed by atoms with van der Waals surface area (Å²) in [7, 11) is 0. The van der Waals surface area contributed by atoms with Crippen molar-refractivity contribution in [1.29, 1.82) is 0 Å². The van der Waals surface area contributed by atoms with Crippen molar-refractivity contribution in [2.45, 2.75) is 25.3 Å². The maximum Gasteiger partial charge on any atom is 0.0795 e. The Morgan fingerprint density at radius 3 is 3.11 bits per heavy atom. The quantitative estimate of drug-likeness (QED) is 0.849. The van der Waals surface area contributed by atoms with Gasteiger partial charge >= 0.3 is 0 Å². The normalized spacial score (nSPS) is 21.0. The summed E-state index contributed by atoms with van der Waals surface area (Å²) in [6.45, 7) is 3.19. The van der Waals surface area contributed by atoms with Crippen LogP contribution >= 0.6 is 11.3 Å². The topological polar surface area (TPSA) is 41.9 Å². The van der Waals surface area contributed by atoms with Gasteiger partial charge in [0, 0.05) is 43.0 Å². The van der Waals surface area contributed by atoms with Gasteiger partial charge in [-0.3, -0.25) is 14.9 Å². The average molecular weight is 260 g/mol. The summed E-state index contributed by atoms with van der Waals surface area (Å²) in [4.78, 5) is 15.4. The summed E-state index contributed by atoms with van der Waals surface area (Å²) in [5, 5.41) is 2.13. The lowest BCUT2D eigenvalue weighted by atomic mass is 9.95. The van der Waals surface area contributed by atoms with Gasteiger partial charge in [-0.2, -0.15) is 0 Å². The lowest BCUT2D eigenvalue weighted by Gasteiger charge is -2.31. The van der Waals surface area contributed by atoms with E-state index in [0.29, 0.717) is 5.92 Å². The summed E-state index contributed by atoms with van der Waals surface area (Å²) >= 11 is 1.67. The Kier molecular flexibility index (Phi) is 3.61. The molecule has 1 aliphatic heterocycles. The van der Waals surface area contributed by atoms with Crippen LogP contribution in [0.4, 0.5) is 0 Å². The van der Waals surface area contributed by atoms with E-state index in [1.54, 1.807) is 23.7 Å². The van der Waals surface area contributed by atoms with Crippen LogP contribution in [0.3, 0.4) is 0 Å². The molecular weight excluding hydrogens is 244 g/mol. The van der Waals surface area contributed by atoms with E-state index in [1.165, 1.54) is 18.5 Å². The summed E-state index contributed by atoms with van der Waals surface area (Å²) < 4.78 is 0. The van der Waals surface area contributed by atoms with Gasteiger partial charge in [-0.15, -0.1) is 11.3 Å². The first-order valence-corrected chi connectivity index (χ1v) is 7.21. The Morgan fingerprint density at radius 1 is 1.33 bits per heavy atom. The third-order valence-electron chi connectivity index (χ3n) is 3.38. The summed E-state index contributed by atoms with van der Waals surface area (Å²) in [5.74, 6) is 0.520. The van der Waals surface area contributed by atoms with Gasteiger partial charge in [0.1, 0.15) is 0 Å². The zero-order valence-electron chi connectivity index (χ0n) is 10.2. The molecule has 1 saturated heterocycles. The number of nitrogens with zero attached hydrogens (tertiary/aromatic N) is 4. The van der Waals surface area contributed by atoms with Gasteiger partial charge in [0.2, 0.25) is 0 Å². The van der Waals surface area contributed by atoms with Crippen molar-refractivity contribution in [2.75, 3.05) is 13.1 Å². The average Bonchev–Trinajstić information content (AvgIpc) is 2.93. The van der Waals surface area contributed by atoms with Crippen LogP contribution in [0.25, 0.3) is 0 Å². The predicted octanol–water partition coefficient (Wildman–Crippen LogP) is 2.31. The van der Waals surface area contributed by atoms with Gasteiger partial charge < -0.3 is 0 Å². The van der Waals surface area contributed by atoms with Crippen molar-refractivity contribution in [3.8, 4) is 0 Å². The van der Waals surface area contributed by atoms with Gasteiger partial charge in [0.05, 0.1) is 16.9 Å². The van der Waals surface area contributed by atoms with Crippen LogP contribution < -0.4 is 0 Å². The molecule has 1 atom stereocenters. The molecule has 0 bridgehead atoms. The molecule has 0 radical (unpaired) electrons. The third-order valence-corrected chi connectivity index (χ3v) is 4.01. The van der Waals surface area contributed by atoms with E-state index >= 15 is 0 Å². The molecular formula is C13H16N4S. The zero-order valence-corrected chi connectivity index (χ0v) is 11.0. The Bertz CT molecular complexity index is 471. The minimum Gasteiger partial charge on any atom is -0.297 e. The second kappa shape index (κ2) is 5.54. The molecule has 3 rings (SSSR count). The molecule has 5 heteroatoms. The van der Waals surface area contributed by atoms with Crippen molar-refractivity contribution in [1.82, 2.24) is 19.9 Å². The standard InChI is InChI=1S/C13H16N4S/c1-2-11(13-6-14-3-4-15-13)7-17(5-1)8-12-9-18-10-16-12/h3-4,6,9-11H,1-2,5,7-8H2/t11-/m0/s1. The molecule has 0 aromatic carbocycles. The highest BCUT2D eigenvalue weighted by molar-refractivity contribution is 7.07. The van der Waals surface area contributed by atoms with Crippen molar-refractivity contribution >= 4 is 11.3 Å². The van der Waals surface area contributed by atoms with Crippen LogP contribution in [-0.2, 0) is 6.54 Å². The van der Waals surface area contributed by atoms with E-state index in [9.17, 15) is 0 Å². The Morgan fingerprint density at radius 2 is 2.33 bits per heavy atom. The first-order valence-electron chi connectivity index (χ1n) is 6.27. The van der Waals surface area contributed by atoms with Crippen LogP contribution in [0, 0.1) is 0 Å². The SMILES string of the molecule is c1cnc([C@H]2CCCN(Cc3cscn3)C2)cn1. The highest BCUT2D eigenvalue weighted by atomic mass is 32.1. The molecule has 0 saturated carbocycles. The number of rotatable bonds is 3. The maximum atomic E-state index is 4.43. The van der Waals surface area contributed by atoms with E-state index in [1.807, 2.05) is 11.7 Å². The third kappa shape index (κ3) is 2.73. The molecule has 18 heavy (non-hydrogen) atoms. The molecule has 2 aromatic heterocycles. The van der Waals surface area contributed by atoms with Crippen molar-refractivity contribution in [3.05, 3.63) is 40.9 Å². The Labute approximate surface area is 111 Å². The van der Waals surface area contributed by atoms with Crippen molar-refractivity contribution < 1.29 is 0 Å². The second-order valence-electron chi connectivity index (χ2n) is 4.68. The summed E-state index contributed by atoms with van der Waals surface area (Å²) in [6.07, 6.45) is 7.86. The fourth-order valence-corrected chi connectivity index (χ4v) is 3.06. The number of hydrogen-bond donors (Lipinski definition) is 0. The molecule has 94 valence electrons. The van der Waals surface area contributed by atoms with Crippen LogP contribution in [0.2, 0.25) is 0 Å². The largest absolute Gasteiger partial charge is 0.297 e. The molecule has 0 amide bonds. The van der Waals surface area contributed by atoms with Gasteiger partial charge in [0.25, 0.3) is 0 Å². The number of aromatic nitrogens is 3. The van der Waals surface area contributed by atoms with Crippen LogP contribution in [0.1, 0.15) is 30.1 Å². The molecule has 0 aliphatic carbocycles. The number of thiazole rings is 1. The Balaban J connectivity index is 1.65. The van der Waals surface area contributed by atoms with E-state index < -0.39 is 0 Å². The minimum absolute atomic E-state index is 0.520. The van der Waals surface area contributed by atoms with Crippen LogP contribution in [0.15, 0.2) is 29.5 Å². The maximum absolute atomic E-state index is 4.43. The Hall–Kier alpha value is -1.33. The molecule has 0 spiro atoms. The minimum atomic E-state index is 0.520. The predicted molar refractivity (Wildman–Crippen MR) is 71.4 cm³/mol. The van der Waals surface area contributed by atoms with Crippen molar-refractivity contribution in [2.24, 2.45) is 0 Å². The summed E-state index contributed by atoms with van der Waals surface area (Å²) in [6, 6.07) is 0. The number of piperidine rings is 1. The van der Waals surface area contributed by atoms with E-state index in [0.717, 1.165) is 25.3 Å². The molecule has 4 nitrogen and oxygen atoms in total. The molecule has 2 aromatic rings. The van der Waals surface area contributed by atoms with Gasteiger partial charge in [0.15, 0.2) is 0 Å². The van der Waals surface area contributed by atoms with E-state index in [-0.39, 0.29) is 0 Å². The van der Waals surface area contributed by atoms with E-state index in [4.69, 9.17) is 0 Å². The van der Waals surface area contributed by atoms with Crippen molar-refractivity contribution in [3.63, 3.8) is 0 Å². The lowest BCUT2D eigenvalue weighted by molar-refractivity contribution is 0.196. The van der Waals surface area contributed by atoms with Gasteiger partial charge in [-0.25, -0.2) is 4.98 Å². The monoisotopic (exact) mass is 260 g/mol. The van der Waals surface area contributed by atoms with Gasteiger partial charge in [-0.1, -0.05) is 0 Å². The lowest BCUT2D eigenvalue weighted by Crippen LogP contribution is -2.34. The smallest absolute Gasteiger partial charge is 0.0795 e. The summed E-state index contributed by atoms with van der Waals surface area (Å²) in [5.41, 5.74) is 4.21. The highest BCUT2D eigenvalue weighted by Crippen LogP contribution is 2.25. The molecule has 0 unspecified atom stereocenters. The first kappa shape index (κ1) is 11.7. The molecule has 0 N–H and O–H groups in total. The first-order chi connectivity index (χ1) is 8.92. The molecule has 3 heterocycles. The van der Waals surface area contributed by atoms with Gasteiger partial charge in [-0.05, 0) is 19.4 Å². The van der Waals surface area contributed by atoms with Crippen LogP contribution in [0.5, 0.6) is 0 Å². The van der Waals surface area contributed by atoms with E-state index in [2.05, 4.69) is 25.2 Å². The zero-order chi connectivity index (χ0) is 12.2. The molecule has 1 aliphatic rings. The fraction of sp³-hybridized carbons (Fsp3) is 0.462. The molecule has 1 fully saturated rings. The fourth-order valence-electron chi connectivity index (χ4n) is 2.51.